The number of rotatable bonds is 6. The lowest BCUT2D eigenvalue weighted by Gasteiger charge is -2.09. The van der Waals surface area contributed by atoms with Crippen molar-refractivity contribution in [3.05, 3.63) is 64.3 Å². The van der Waals surface area contributed by atoms with Gasteiger partial charge >= 0.3 is 0 Å². The van der Waals surface area contributed by atoms with E-state index in [1.807, 2.05) is 30.5 Å². The number of hydrogen-bond acceptors (Lipinski definition) is 2. The lowest BCUT2D eigenvalue weighted by atomic mass is 10.1. The number of nitrogens with zero attached hydrogens (tertiary/aromatic N) is 1. The molecule has 0 spiro atoms. The zero-order chi connectivity index (χ0) is 17.8. The van der Waals surface area contributed by atoms with Gasteiger partial charge in [-0.05, 0) is 42.0 Å². The van der Waals surface area contributed by atoms with Gasteiger partial charge in [-0.2, -0.15) is 0 Å². The number of anilines is 1. The van der Waals surface area contributed by atoms with Crippen molar-refractivity contribution in [3.8, 4) is 0 Å². The van der Waals surface area contributed by atoms with Crippen LogP contribution >= 0.6 is 23.2 Å². The highest BCUT2D eigenvalue weighted by Crippen LogP contribution is 2.25. The number of benzene rings is 2. The molecule has 0 unspecified atom stereocenters. The molecular weight excluding hydrogens is 359 g/mol. The molecule has 2 aromatic carbocycles. The topological polar surface area (TPSA) is 43.3 Å². The Labute approximate surface area is 156 Å². The molecular formula is C19H18Cl2N2O2. The third-order valence-electron chi connectivity index (χ3n) is 3.99. The number of carbonyl (C=O) groups is 1. The summed E-state index contributed by atoms with van der Waals surface area (Å²) in [6, 6.07) is 13.1. The summed E-state index contributed by atoms with van der Waals surface area (Å²) < 4.78 is 7.24. The number of amides is 1. The van der Waals surface area contributed by atoms with Crippen LogP contribution in [-0.4, -0.2) is 24.2 Å². The highest BCUT2D eigenvalue weighted by molar-refractivity contribution is 6.36. The molecule has 0 atom stereocenters. The largest absolute Gasteiger partial charge is 0.383 e. The van der Waals surface area contributed by atoms with Gasteiger partial charge in [-0.1, -0.05) is 29.3 Å². The van der Waals surface area contributed by atoms with Gasteiger partial charge in [-0.25, -0.2) is 0 Å². The molecule has 0 saturated heterocycles. The maximum Gasteiger partial charge on any atom is 0.228 e. The summed E-state index contributed by atoms with van der Waals surface area (Å²) in [5.41, 5.74) is 2.48. The van der Waals surface area contributed by atoms with Gasteiger partial charge in [0.1, 0.15) is 0 Å². The Morgan fingerprint density at radius 3 is 2.64 bits per heavy atom. The van der Waals surface area contributed by atoms with Crippen molar-refractivity contribution in [2.45, 2.75) is 13.0 Å². The van der Waals surface area contributed by atoms with Crippen molar-refractivity contribution in [1.82, 2.24) is 4.57 Å². The van der Waals surface area contributed by atoms with E-state index in [1.54, 1.807) is 25.3 Å². The molecule has 1 amide bonds. The van der Waals surface area contributed by atoms with E-state index < -0.39 is 0 Å². The maximum atomic E-state index is 12.3. The van der Waals surface area contributed by atoms with Gasteiger partial charge in [0, 0.05) is 46.5 Å². The Balaban J connectivity index is 1.73. The van der Waals surface area contributed by atoms with E-state index in [0.717, 1.165) is 23.1 Å². The smallest absolute Gasteiger partial charge is 0.228 e. The van der Waals surface area contributed by atoms with Crippen LogP contribution in [0.5, 0.6) is 0 Å². The summed E-state index contributed by atoms with van der Waals surface area (Å²) in [4.78, 5) is 12.3. The molecule has 0 aliphatic rings. The van der Waals surface area contributed by atoms with E-state index in [-0.39, 0.29) is 12.3 Å². The van der Waals surface area contributed by atoms with Crippen molar-refractivity contribution in [1.29, 1.82) is 0 Å². The second-order valence-electron chi connectivity index (χ2n) is 5.70. The molecule has 0 aliphatic carbocycles. The Morgan fingerprint density at radius 2 is 1.92 bits per heavy atom. The summed E-state index contributed by atoms with van der Waals surface area (Å²) >= 11 is 12.2. The number of halogens is 2. The Bertz CT molecular complexity index is 885. The molecule has 25 heavy (non-hydrogen) atoms. The summed E-state index contributed by atoms with van der Waals surface area (Å²) in [6.45, 7) is 1.44. The number of carbonyl (C=O) groups excluding carboxylic acids is 1. The molecule has 1 heterocycles. The first-order valence-electron chi connectivity index (χ1n) is 7.89. The minimum Gasteiger partial charge on any atom is -0.383 e. The second-order valence-corrected chi connectivity index (χ2v) is 6.52. The van der Waals surface area contributed by atoms with Crippen LogP contribution in [0, 0.1) is 0 Å². The van der Waals surface area contributed by atoms with E-state index >= 15 is 0 Å². The monoisotopic (exact) mass is 376 g/mol. The van der Waals surface area contributed by atoms with Crippen molar-refractivity contribution < 1.29 is 9.53 Å². The van der Waals surface area contributed by atoms with E-state index in [2.05, 4.69) is 9.88 Å². The number of hydrogen-bond donors (Lipinski definition) is 1. The van der Waals surface area contributed by atoms with Gasteiger partial charge in [0.15, 0.2) is 0 Å². The molecule has 130 valence electrons. The minimum atomic E-state index is -0.159. The van der Waals surface area contributed by atoms with E-state index in [4.69, 9.17) is 27.9 Å². The molecule has 0 bridgehead atoms. The molecule has 0 aliphatic heterocycles. The number of fused-ring (bicyclic) bond motifs is 1. The second kappa shape index (κ2) is 7.91. The first kappa shape index (κ1) is 17.8. The highest BCUT2D eigenvalue weighted by Gasteiger charge is 2.11. The summed E-state index contributed by atoms with van der Waals surface area (Å²) in [5, 5.41) is 4.95. The van der Waals surface area contributed by atoms with Crippen LogP contribution < -0.4 is 5.32 Å². The maximum absolute atomic E-state index is 12.3. The van der Waals surface area contributed by atoms with Crippen LogP contribution in [0.1, 0.15) is 5.56 Å². The Hall–Kier alpha value is -2.01. The lowest BCUT2D eigenvalue weighted by molar-refractivity contribution is -0.115. The summed E-state index contributed by atoms with van der Waals surface area (Å²) in [5.74, 6) is -0.159. The molecule has 6 heteroatoms. The predicted molar refractivity (Wildman–Crippen MR) is 103 cm³/mol. The van der Waals surface area contributed by atoms with Crippen molar-refractivity contribution in [2.24, 2.45) is 0 Å². The molecule has 4 nitrogen and oxygen atoms in total. The molecule has 3 aromatic rings. The van der Waals surface area contributed by atoms with Crippen LogP contribution in [0.25, 0.3) is 10.9 Å². The van der Waals surface area contributed by atoms with Crippen LogP contribution in [0.15, 0.2) is 48.7 Å². The summed E-state index contributed by atoms with van der Waals surface area (Å²) in [6.07, 6.45) is 2.14. The third kappa shape index (κ3) is 4.15. The quantitative estimate of drug-likeness (QED) is 0.672. The van der Waals surface area contributed by atoms with Gasteiger partial charge < -0.3 is 14.6 Å². The zero-order valence-corrected chi connectivity index (χ0v) is 15.3. The third-order valence-corrected chi connectivity index (χ3v) is 4.70. The number of ether oxygens (including phenoxy) is 1. The first-order valence-corrected chi connectivity index (χ1v) is 8.64. The normalized spacial score (nSPS) is 11.0. The Kier molecular flexibility index (Phi) is 5.63. The van der Waals surface area contributed by atoms with E-state index in [1.165, 1.54) is 0 Å². The van der Waals surface area contributed by atoms with Crippen LogP contribution in [-0.2, 0) is 22.5 Å². The van der Waals surface area contributed by atoms with Gasteiger partial charge in [-0.3, -0.25) is 4.79 Å². The Morgan fingerprint density at radius 1 is 1.16 bits per heavy atom. The number of aromatic nitrogens is 1. The SMILES string of the molecule is COCCn1ccc2cc(NC(=O)Cc3c(Cl)cccc3Cl)ccc21. The number of methoxy groups -OCH3 is 1. The standard InChI is InChI=1S/C19H18Cl2N2O2/c1-25-10-9-23-8-7-13-11-14(5-6-18(13)23)22-19(24)12-15-16(20)3-2-4-17(15)21/h2-8,11H,9-10,12H2,1H3,(H,22,24). The van der Waals surface area contributed by atoms with Gasteiger partial charge in [0.05, 0.1) is 13.0 Å². The molecule has 1 aromatic heterocycles. The molecule has 0 fully saturated rings. The fourth-order valence-corrected chi connectivity index (χ4v) is 3.26. The van der Waals surface area contributed by atoms with Crippen LogP contribution in [0.4, 0.5) is 5.69 Å². The minimum absolute atomic E-state index is 0.130. The van der Waals surface area contributed by atoms with Crippen molar-refractivity contribution >= 4 is 45.7 Å². The average molecular weight is 377 g/mol. The zero-order valence-electron chi connectivity index (χ0n) is 13.8. The molecule has 1 N–H and O–H groups in total. The first-order chi connectivity index (χ1) is 12.1. The average Bonchev–Trinajstić information content (AvgIpc) is 2.98. The van der Waals surface area contributed by atoms with Crippen molar-refractivity contribution in [2.75, 3.05) is 19.0 Å². The lowest BCUT2D eigenvalue weighted by Crippen LogP contribution is -2.15. The summed E-state index contributed by atoms with van der Waals surface area (Å²) in [7, 11) is 1.69. The fourth-order valence-electron chi connectivity index (χ4n) is 2.73. The van der Waals surface area contributed by atoms with Gasteiger partial charge in [0.25, 0.3) is 0 Å². The van der Waals surface area contributed by atoms with Crippen LogP contribution in [0.3, 0.4) is 0 Å². The van der Waals surface area contributed by atoms with Crippen LogP contribution in [0.2, 0.25) is 10.0 Å². The van der Waals surface area contributed by atoms with Gasteiger partial charge in [0.2, 0.25) is 5.91 Å². The van der Waals surface area contributed by atoms with Crippen molar-refractivity contribution in [3.63, 3.8) is 0 Å². The molecule has 0 saturated carbocycles. The highest BCUT2D eigenvalue weighted by atomic mass is 35.5. The van der Waals surface area contributed by atoms with Gasteiger partial charge in [-0.15, -0.1) is 0 Å². The fraction of sp³-hybridized carbons (Fsp3) is 0.211. The van der Waals surface area contributed by atoms with E-state index in [0.29, 0.717) is 22.2 Å². The number of nitrogens with one attached hydrogen (secondary N) is 1. The van der Waals surface area contributed by atoms with E-state index in [9.17, 15) is 4.79 Å². The predicted octanol–water partition coefficient (Wildman–Crippen LogP) is 4.78. The molecule has 3 rings (SSSR count). The molecule has 0 radical (unpaired) electrons.